The van der Waals surface area contributed by atoms with Crippen molar-refractivity contribution in [2.45, 2.75) is 33.2 Å². The van der Waals surface area contributed by atoms with Crippen molar-refractivity contribution in [1.29, 1.82) is 0 Å². The van der Waals surface area contributed by atoms with Gasteiger partial charge in [0.1, 0.15) is 5.82 Å². The monoisotopic (exact) mass is 365 g/mol. The van der Waals surface area contributed by atoms with E-state index in [2.05, 4.69) is 26.8 Å². The van der Waals surface area contributed by atoms with Crippen LogP contribution in [0.4, 0.5) is 5.95 Å². The van der Waals surface area contributed by atoms with E-state index in [1.807, 2.05) is 18.2 Å². The van der Waals surface area contributed by atoms with Crippen LogP contribution in [-0.2, 0) is 6.54 Å². The third-order valence-corrected chi connectivity index (χ3v) is 5.11. The van der Waals surface area contributed by atoms with Crippen molar-refractivity contribution in [1.82, 2.24) is 19.5 Å². The topological polar surface area (TPSA) is 83.9 Å². The molecule has 1 atom stereocenters. The molecule has 0 aliphatic carbocycles. The molecule has 0 amide bonds. The number of rotatable bonds is 3. The van der Waals surface area contributed by atoms with Crippen LogP contribution in [0.5, 0.6) is 0 Å². The number of para-hydroxylation sites is 1. The summed E-state index contributed by atoms with van der Waals surface area (Å²) < 4.78 is 1.58. The van der Waals surface area contributed by atoms with Gasteiger partial charge >= 0.3 is 0 Å². The van der Waals surface area contributed by atoms with Crippen LogP contribution < -0.4 is 16.0 Å². The molecule has 7 nitrogen and oxygen atoms in total. The standard InChI is InChI=1S/C20H23N5O2/c1-13-6-5-9-24(11-13)20-22-15(10-18(26)23-20)12-25-14(2)21-17-8-4-3-7-16(17)19(25)27/h3-4,7-8,10,13H,5-6,9,11-12H2,1-2H3,(H,22,23,26). The number of aromatic nitrogens is 4. The molecule has 2 aromatic heterocycles. The molecule has 7 heteroatoms. The van der Waals surface area contributed by atoms with Gasteiger partial charge in [-0.3, -0.25) is 19.1 Å². The van der Waals surface area contributed by atoms with E-state index in [-0.39, 0.29) is 17.7 Å². The maximum Gasteiger partial charge on any atom is 0.261 e. The van der Waals surface area contributed by atoms with Crippen LogP contribution in [0.3, 0.4) is 0 Å². The minimum atomic E-state index is -0.201. The molecule has 3 aromatic rings. The zero-order chi connectivity index (χ0) is 19.0. The van der Waals surface area contributed by atoms with Crippen molar-refractivity contribution >= 4 is 16.9 Å². The van der Waals surface area contributed by atoms with Crippen LogP contribution in [-0.4, -0.2) is 32.6 Å². The van der Waals surface area contributed by atoms with Gasteiger partial charge in [0.2, 0.25) is 5.95 Å². The summed E-state index contributed by atoms with van der Waals surface area (Å²) in [5.74, 6) is 1.76. The fourth-order valence-electron chi connectivity index (χ4n) is 3.73. The lowest BCUT2D eigenvalue weighted by Crippen LogP contribution is -2.37. The van der Waals surface area contributed by atoms with Crippen molar-refractivity contribution in [3.05, 3.63) is 62.6 Å². The molecule has 1 aliphatic rings. The maximum atomic E-state index is 12.9. The predicted molar refractivity (Wildman–Crippen MR) is 105 cm³/mol. The number of H-pyrrole nitrogens is 1. The molecule has 0 bridgehead atoms. The normalized spacial score (nSPS) is 17.4. The van der Waals surface area contributed by atoms with Crippen LogP contribution in [0.2, 0.25) is 0 Å². The second-order valence-corrected chi connectivity index (χ2v) is 7.32. The molecule has 0 radical (unpaired) electrons. The molecule has 4 rings (SSSR count). The lowest BCUT2D eigenvalue weighted by Gasteiger charge is -2.31. The van der Waals surface area contributed by atoms with E-state index in [1.165, 1.54) is 12.5 Å². The van der Waals surface area contributed by atoms with Gasteiger partial charge in [0.15, 0.2) is 0 Å². The number of fused-ring (bicyclic) bond motifs is 1. The quantitative estimate of drug-likeness (QED) is 0.768. The Hall–Kier alpha value is -2.96. The molecule has 1 aromatic carbocycles. The van der Waals surface area contributed by atoms with E-state index >= 15 is 0 Å². The third-order valence-electron chi connectivity index (χ3n) is 5.11. The Kier molecular flexibility index (Phi) is 4.51. The number of nitrogens with one attached hydrogen (secondary N) is 1. The SMILES string of the molecule is Cc1nc2ccccc2c(=O)n1Cc1cc(=O)[nH]c(N2CCCC(C)C2)n1. The molecule has 3 heterocycles. The molecule has 140 valence electrons. The predicted octanol–water partition coefficient (Wildman–Crippen LogP) is 2.07. The number of piperidine rings is 1. The first-order valence-corrected chi connectivity index (χ1v) is 9.32. The highest BCUT2D eigenvalue weighted by atomic mass is 16.1. The first-order chi connectivity index (χ1) is 13.0. The van der Waals surface area contributed by atoms with Crippen molar-refractivity contribution in [2.24, 2.45) is 5.92 Å². The van der Waals surface area contributed by atoms with Crippen molar-refractivity contribution < 1.29 is 0 Å². The highest BCUT2D eigenvalue weighted by Crippen LogP contribution is 2.19. The fraction of sp³-hybridized carbons (Fsp3) is 0.400. The Morgan fingerprint density at radius 3 is 2.85 bits per heavy atom. The van der Waals surface area contributed by atoms with E-state index in [1.54, 1.807) is 17.6 Å². The van der Waals surface area contributed by atoms with Gasteiger partial charge in [-0.25, -0.2) is 9.97 Å². The molecular weight excluding hydrogens is 342 g/mol. The Balaban J connectivity index is 1.72. The fourth-order valence-corrected chi connectivity index (χ4v) is 3.73. The number of benzene rings is 1. The molecule has 1 saturated heterocycles. The second kappa shape index (κ2) is 6.98. The van der Waals surface area contributed by atoms with Gasteiger partial charge in [0, 0.05) is 19.2 Å². The number of aromatic amines is 1. The van der Waals surface area contributed by atoms with Gasteiger partial charge in [-0.1, -0.05) is 19.1 Å². The van der Waals surface area contributed by atoms with Crippen LogP contribution in [0, 0.1) is 12.8 Å². The number of hydrogen-bond acceptors (Lipinski definition) is 5. The van der Waals surface area contributed by atoms with Crippen molar-refractivity contribution in [3.8, 4) is 0 Å². The van der Waals surface area contributed by atoms with Gasteiger partial charge in [0.25, 0.3) is 11.1 Å². The van der Waals surface area contributed by atoms with Crippen LogP contribution in [0.15, 0.2) is 39.9 Å². The molecule has 0 spiro atoms. The first-order valence-electron chi connectivity index (χ1n) is 9.32. The van der Waals surface area contributed by atoms with Crippen LogP contribution in [0.1, 0.15) is 31.3 Å². The summed E-state index contributed by atoms with van der Waals surface area (Å²) in [6, 6.07) is 8.74. The molecule has 1 N–H and O–H groups in total. The van der Waals surface area contributed by atoms with E-state index in [4.69, 9.17) is 0 Å². The number of hydrogen-bond donors (Lipinski definition) is 1. The average Bonchev–Trinajstić information content (AvgIpc) is 2.65. The summed E-state index contributed by atoms with van der Waals surface area (Å²) in [5, 5.41) is 0.568. The van der Waals surface area contributed by atoms with Crippen molar-refractivity contribution in [2.75, 3.05) is 18.0 Å². The number of anilines is 1. The molecule has 1 aliphatic heterocycles. The average molecular weight is 365 g/mol. The number of aryl methyl sites for hydroxylation is 1. The number of nitrogens with zero attached hydrogens (tertiary/aromatic N) is 4. The molecular formula is C20H23N5O2. The first kappa shape index (κ1) is 17.5. The summed E-state index contributed by atoms with van der Waals surface area (Å²) in [7, 11) is 0. The van der Waals surface area contributed by atoms with E-state index in [9.17, 15) is 9.59 Å². The van der Waals surface area contributed by atoms with Gasteiger partial charge in [0.05, 0.1) is 23.1 Å². The van der Waals surface area contributed by atoms with Gasteiger partial charge in [-0.05, 0) is 37.8 Å². The highest BCUT2D eigenvalue weighted by molar-refractivity contribution is 5.77. The van der Waals surface area contributed by atoms with E-state index < -0.39 is 0 Å². The van der Waals surface area contributed by atoms with Crippen LogP contribution >= 0.6 is 0 Å². The summed E-state index contributed by atoms with van der Waals surface area (Å²) in [4.78, 5) is 39.2. The Labute approximate surface area is 156 Å². The van der Waals surface area contributed by atoms with Crippen LogP contribution in [0.25, 0.3) is 10.9 Å². The highest BCUT2D eigenvalue weighted by Gasteiger charge is 2.19. The zero-order valence-electron chi connectivity index (χ0n) is 15.6. The minimum Gasteiger partial charge on any atom is -0.342 e. The van der Waals surface area contributed by atoms with Gasteiger partial charge in [-0.2, -0.15) is 0 Å². The Morgan fingerprint density at radius 1 is 1.22 bits per heavy atom. The zero-order valence-corrected chi connectivity index (χ0v) is 15.6. The largest absolute Gasteiger partial charge is 0.342 e. The van der Waals surface area contributed by atoms with Crippen molar-refractivity contribution in [3.63, 3.8) is 0 Å². The van der Waals surface area contributed by atoms with E-state index in [0.29, 0.717) is 34.3 Å². The maximum absolute atomic E-state index is 12.9. The minimum absolute atomic E-state index is 0.117. The Bertz CT molecular complexity index is 1100. The lowest BCUT2D eigenvalue weighted by atomic mass is 10.0. The summed E-state index contributed by atoms with van der Waals surface area (Å²) in [6.45, 7) is 5.99. The molecule has 0 saturated carbocycles. The summed E-state index contributed by atoms with van der Waals surface area (Å²) >= 11 is 0. The summed E-state index contributed by atoms with van der Waals surface area (Å²) in [5.41, 5.74) is 0.924. The molecule has 1 fully saturated rings. The Morgan fingerprint density at radius 2 is 2.04 bits per heavy atom. The third kappa shape index (κ3) is 3.49. The van der Waals surface area contributed by atoms with Gasteiger partial charge < -0.3 is 4.90 Å². The molecule has 27 heavy (non-hydrogen) atoms. The smallest absolute Gasteiger partial charge is 0.261 e. The second-order valence-electron chi connectivity index (χ2n) is 7.32. The van der Waals surface area contributed by atoms with Gasteiger partial charge in [-0.15, -0.1) is 0 Å². The van der Waals surface area contributed by atoms with E-state index in [0.717, 1.165) is 19.5 Å². The summed E-state index contributed by atoms with van der Waals surface area (Å²) in [6.07, 6.45) is 2.28. The molecule has 1 unspecified atom stereocenters. The lowest BCUT2D eigenvalue weighted by molar-refractivity contribution is 0.441.